The molecule has 1 aliphatic rings. The van der Waals surface area contributed by atoms with Crippen LogP contribution in [0.3, 0.4) is 0 Å². The van der Waals surface area contributed by atoms with Gasteiger partial charge in [0.25, 0.3) is 0 Å². The second-order valence-electron chi connectivity index (χ2n) is 3.45. The largest absolute Gasteiger partial charge is 0.379 e. The zero-order valence-electron chi connectivity index (χ0n) is 8.67. The minimum Gasteiger partial charge on any atom is -0.379 e. The fourth-order valence-corrected chi connectivity index (χ4v) is 1.95. The number of thioether (sulfide) groups is 1. The Bertz CT molecular complexity index is 355. The van der Waals surface area contributed by atoms with E-state index in [1.807, 2.05) is 14.1 Å². The first-order valence-corrected chi connectivity index (χ1v) is 5.46. The van der Waals surface area contributed by atoms with E-state index in [1.54, 1.807) is 16.7 Å². The van der Waals surface area contributed by atoms with Crippen LogP contribution in [0.25, 0.3) is 0 Å². The van der Waals surface area contributed by atoms with Crippen molar-refractivity contribution in [3.8, 4) is 0 Å². The van der Waals surface area contributed by atoms with Crippen molar-refractivity contribution in [3.05, 3.63) is 0 Å². The summed E-state index contributed by atoms with van der Waals surface area (Å²) in [5, 5.41) is 1.11. The van der Waals surface area contributed by atoms with Crippen LogP contribution in [0.5, 0.6) is 0 Å². The molecule has 15 heavy (non-hydrogen) atoms. The first-order chi connectivity index (χ1) is 7.15. The predicted molar refractivity (Wildman–Crippen MR) is 59.0 cm³/mol. The molecule has 0 bridgehead atoms. The summed E-state index contributed by atoms with van der Waals surface area (Å²) in [6.07, 6.45) is 0. The van der Waals surface area contributed by atoms with Crippen molar-refractivity contribution in [1.82, 2.24) is 15.0 Å². The van der Waals surface area contributed by atoms with Crippen molar-refractivity contribution in [3.63, 3.8) is 0 Å². The fourth-order valence-electron chi connectivity index (χ4n) is 1.04. The van der Waals surface area contributed by atoms with E-state index in [4.69, 9.17) is 10.5 Å². The lowest BCUT2D eigenvalue weighted by molar-refractivity contribution is 0.0454. The highest BCUT2D eigenvalue weighted by Gasteiger charge is 2.21. The molecule has 0 unspecified atom stereocenters. The number of aromatic nitrogens is 3. The summed E-state index contributed by atoms with van der Waals surface area (Å²) < 4.78 is 5.08. The monoisotopic (exact) mass is 227 g/mol. The zero-order valence-corrected chi connectivity index (χ0v) is 9.49. The van der Waals surface area contributed by atoms with E-state index < -0.39 is 0 Å². The van der Waals surface area contributed by atoms with Crippen LogP contribution < -0.4 is 10.6 Å². The van der Waals surface area contributed by atoms with E-state index in [9.17, 15) is 0 Å². The van der Waals surface area contributed by atoms with Crippen LogP contribution in [-0.4, -0.2) is 47.5 Å². The molecule has 6 nitrogen and oxygen atoms in total. The van der Waals surface area contributed by atoms with Gasteiger partial charge in [-0.2, -0.15) is 15.0 Å². The number of nitrogens with zero attached hydrogens (tertiary/aromatic N) is 4. The van der Waals surface area contributed by atoms with Crippen LogP contribution in [0, 0.1) is 0 Å². The van der Waals surface area contributed by atoms with Crippen molar-refractivity contribution in [1.29, 1.82) is 0 Å². The number of hydrogen-bond acceptors (Lipinski definition) is 7. The molecule has 2 N–H and O–H groups in total. The highest BCUT2D eigenvalue weighted by atomic mass is 32.2. The minimum atomic E-state index is 0.261. The van der Waals surface area contributed by atoms with Gasteiger partial charge in [-0.1, -0.05) is 11.8 Å². The molecule has 1 fully saturated rings. The summed E-state index contributed by atoms with van der Waals surface area (Å²) in [5.74, 6) is 0.849. The third-order valence-corrected chi connectivity index (χ3v) is 2.90. The maximum absolute atomic E-state index is 5.60. The number of anilines is 2. The third kappa shape index (κ3) is 2.48. The van der Waals surface area contributed by atoms with E-state index >= 15 is 0 Å². The Morgan fingerprint density at radius 2 is 2.07 bits per heavy atom. The average Bonchev–Trinajstić information content (AvgIpc) is 2.10. The molecule has 7 heteroatoms. The molecule has 0 saturated carbocycles. The van der Waals surface area contributed by atoms with Crippen molar-refractivity contribution >= 4 is 23.7 Å². The van der Waals surface area contributed by atoms with Crippen LogP contribution in [0.1, 0.15) is 0 Å². The molecule has 1 aromatic heterocycles. The van der Waals surface area contributed by atoms with Crippen LogP contribution in [0.4, 0.5) is 11.9 Å². The van der Waals surface area contributed by atoms with Gasteiger partial charge in [0.2, 0.25) is 11.9 Å². The molecule has 1 aromatic rings. The molecular formula is C8H13N5OS. The van der Waals surface area contributed by atoms with Crippen molar-refractivity contribution < 1.29 is 4.74 Å². The lowest BCUT2D eigenvalue weighted by atomic mass is 10.4. The Hall–Kier alpha value is -1.08. The first kappa shape index (κ1) is 10.4. The molecule has 0 atom stereocenters. The predicted octanol–water partition coefficient (Wildman–Crippen LogP) is 0.0107. The first-order valence-electron chi connectivity index (χ1n) is 4.58. The number of nitrogens with two attached hydrogens (primary N) is 1. The van der Waals surface area contributed by atoms with Gasteiger partial charge in [-0.15, -0.1) is 0 Å². The van der Waals surface area contributed by atoms with Crippen LogP contribution in [0.2, 0.25) is 0 Å². The summed E-state index contributed by atoms with van der Waals surface area (Å²) in [5.41, 5.74) is 5.60. The Morgan fingerprint density at radius 3 is 2.60 bits per heavy atom. The number of nitrogen functional groups attached to an aromatic ring is 1. The topological polar surface area (TPSA) is 77.2 Å². The van der Waals surface area contributed by atoms with Gasteiger partial charge in [0.15, 0.2) is 5.16 Å². The van der Waals surface area contributed by atoms with Gasteiger partial charge in [-0.3, -0.25) is 0 Å². The number of hydrogen-bond donors (Lipinski definition) is 1. The van der Waals surface area contributed by atoms with Gasteiger partial charge in [0.1, 0.15) is 0 Å². The van der Waals surface area contributed by atoms with Gasteiger partial charge in [0, 0.05) is 14.1 Å². The quantitative estimate of drug-likeness (QED) is 0.779. The summed E-state index contributed by atoms with van der Waals surface area (Å²) in [6.45, 7) is 1.51. The van der Waals surface area contributed by atoms with Crippen molar-refractivity contribution in [2.45, 2.75) is 10.4 Å². The molecule has 0 spiro atoms. The maximum Gasteiger partial charge on any atom is 0.230 e. The van der Waals surface area contributed by atoms with E-state index in [-0.39, 0.29) is 5.95 Å². The van der Waals surface area contributed by atoms with Crippen LogP contribution >= 0.6 is 11.8 Å². The van der Waals surface area contributed by atoms with E-state index in [2.05, 4.69) is 15.0 Å². The third-order valence-electron chi connectivity index (χ3n) is 1.90. The van der Waals surface area contributed by atoms with Gasteiger partial charge >= 0.3 is 0 Å². The fraction of sp³-hybridized carbons (Fsp3) is 0.625. The van der Waals surface area contributed by atoms with Gasteiger partial charge in [-0.05, 0) is 0 Å². The SMILES string of the molecule is CN(C)c1nc(N)nc(SC2COC2)n1. The normalized spacial score (nSPS) is 16.1. The Labute approximate surface area is 92.2 Å². The van der Waals surface area contributed by atoms with E-state index in [0.29, 0.717) is 16.4 Å². The second-order valence-corrected chi connectivity index (χ2v) is 4.72. The Balaban J connectivity index is 2.15. The summed E-state index contributed by atoms with van der Waals surface area (Å²) >= 11 is 1.58. The number of rotatable bonds is 3. The molecule has 1 aliphatic heterocycles. The summed E-state index contributed by atoms with van der Waals surface area (Å²) in [7, 11) is 3.74. The summed E-state index contributed by atoms with van der Waals surface area (Å²) in [4.78, 5) is 14.2. The van der Waals surface area contributed by atoms with Gasteiger partial charge < -0.3 is 15.4 Å². The minimum absolute atomic E-state index is 0.261. The molecule has 2 rings (SSSR count). The van der Waals surface area contributed by atoms with Crippen LogP contribution in [0.15, 0.2) is 5.16 Å². The molecule has 0 aromatic carbocycles. The molecule has 1 saturated heterocycles. The zero-order chi connectivity index (χ0) is 10.8. The Morgan fingerprint density at radius 1 is 1.33 bits per heavy atom. The van der Waals surface area contributed by atoms with E-state index in [0.717, 1.165) is 13.2 Å². The van der Waals surface area contributed by atoms with Crippen molar-refractivity contribution in [2.24, 2.45) is 0 Å². The maximum atomic E-state index is 5.60. The molecule has 82 valence electrons. The van der Waals surface area contributed by atoms with Crippen molar-refractivity contribution in [2.75, 3.05) is 37.9 Å². The smallest absolute Gasteiger partial charge is 0.230 e. The highest BCUT2D eigenvalue weighted by molar-refractivity contribution is 7.99. The lowest BCUT2D eigenvalue weighted by Crippen LogP contribution is -2.30. The van der Waals surface area contributed by atoms with Crippen LogP contribution in [-0.2, 0) is 4.74 Å². The Kier molecular flexibility index (Phi) is 2.92. The van der Waals surface area contributed by atoms with Gasteiger partial charge in [-0.25, -0.2) is 0 Å². The average molecular weight is 227 g/mol. The molecule has 0 aliphatic carbocycles. The molecule has 0 amide bonds. The molecular weight excluding hydrogens is 214 g/mol. The second kappa shape index (κ2) is 4.19. The molecule has 0 radical (unpaired) electrons. The standard InChI is InChI=1S/C8H13N5OS/c1-13(2)7-10-6(9)11-8(12-7)15-5-3-14-4-5/h5H,3-4H2,1-2H3,(H2,9,10,11,12). The molecule has 2 heterocycles. The lowest BCUT2D eigenvalue weighted by Gasteiger charge is -2.24. The van der Waals surface area contributed by atoms with Gasteiger partial charge in [0.05, 0.1) is 18.5 Å². The van der Waals surface area contributed by atoms with E-state index in [1.165, 1.54) is 0 Å². The number of ether oxygens (including phenoxy) is 1. The highest BCUT2D eigenvalue weighted by Crippen LogP contribution is 2.26. The summed E-state index contributed by atoms with van der Waals surface area (Å²) in [6, 6.07) is 0.